The van der Waals surface area contributed by atoms with Crippen molar-refractivity contribution in [1.29, 1.82) is 0 Å². The van der Waals surface area contributed by atoms with E-state index < -0.39 is 37.1 Å². The molecule has 0 radical (unpaired) electrons. The van der Waals surface area contributed by atoms with Crippen LogP contribution in [-0.4, -0.2) is 138 Å². The molecule has 1 aliphatic heterocycles. The van der Waals surface area contributed by atoms with Gasteiger partial charge in [-0.05, 0) is 13.8 Å². The number of Topliss-reactive ketones (excluding diaryl/α,β-unsaturated/α-hetero) is 1. The van der Waals surface area contributed by atoms with Gasteiger partial charge >= 0.3 is 0 Å². The van der Waals surface area contributed by atoms with Crippen LogP contribution in [0.15, 0.2) is 18.6 Å². The zero-order valence-electron chi connectivity index (χ0n) is 25.3. The van der Waals surface area contributed by atoms with E-state index in [1.54, 1.807) is 15.6 Å². The van der Waals surface area contributed by atoms with Crippen LogP contribution in [0.5, 0.6) is 0 Å². The van der Waals surface area contributed by atoms with Crippen LogP contribution in [0.3, 0.4) is 0 Å². The fourth-order valence-electron chi connectivity index (χ4n) is 4.29. The highest BCUT2D eigenvalue weighted by Crippen LogP contribution is 2.25. The van der Waals surface area contributed by atoms with Crippen molar-refractivity contribution in [1.82, 2.24) is 35.0 Å². The molecule has 0 bridgehead atoms. The Morgan fingerprint density at radius 3 is 2.31 bits per heavy atom. The van der Waals surface area contributed by atoms with Gasteiger partial charge in [-0.2, -0.15) is 0 Å². The lowest BCUT2D eigenvalue weighted by Crippen LogP contribution is -2.58. The average molecular weight is 656 g/mol. The first-order valence-electron chi connectivity index (χ1n) is 14.6. The maximum atomic E-state index is 12.6. The van der Waals surface area contributed by atoms with Gasteiger partial charge in [-0.3, -0.25) is 4.79 Å². The number of ether oxygens (including phenoxy) is 5. The van der Waals surface area contributed by atoms with E-state index in [2.05, 4.69) is 25.6 Å². The summed E-state index contributed by atoms with van der Waals surface area (Å²) in [5.41, 5.74) is 1.34. The number of thiazole rings is 1. The second-order valence-corrected chi connectivity index (χ2v) is 11.8. The van der Waals surface area contributed by atoms with Gasteiger partial charge in [-0.25, -0.2) is 14.3 Å². The molecule has 4 N–H and O–H groups in total. The second kappa shape index (κ2) is 17.8. The van der Waals surface area contributed by atoms with E-state index in [9.17, 15) is 25.2 Å². The largest absolute Gasteiger partial charge is 0.394 e. The molecule has 18 heteroatoms. The molecule has 4 heterocycles. The SMILES string of the molecule is CC(C)n1cc(COCCOCCOCCn2cc(COCC(=O)c3cnc(CC4OC(CO)C(O)C(O)C4O)s3)nn2)nn1. The number of rotatable bonds is 20. The van der Waals surface area contributed by atoms with Gasteiger partial charge in [0, 0.05) is 18.7 Å². The van der Waals surface area contributed by atoms with Gasteiger partial charge < -0.3 is 44.1 Å². The molecule has 5 atom stereocenters. The highest BCUT2D eigenvalue weighted by atomic mass is 32.1. The third kappa shape index (κ3) is 10.6. The lowest BCUT2D eigenvalue weighted by atomic mass is 9.94. The van der Waals surface area contributed by atoms with Crippen LogP contribution in [0.1, 0.15) is 46.0 Å². The van der Waals surface area contributed by atoms with Crippen molar-refractivity contribution in [3.05, 3.63) is 39.9 Å². The molecule has 17 nitrogen and oxygen atoms in total. The highest BCUT2D eigenvalue weighted by Gasteiger charge is 2.43. The number of carbonyl (C=O) groups excluding carboxylic acids is 1. The summed E-state index contributed by atoms with van der Waals surface area (Å²) in [6.07, 6.45) is -1.06. The Kier molecular flexibility index (Phi) is 13.9. The summed E-state index contributed by atoms with van der Waals surface area (Å²) in [6.45, 7) is 6.51. The molecule has 3 aromatic rings. The standard InChI is InChI=1S/C27H41N7O10S/c1-17(2)34-12-19(30-32-34)14-42-8-7-41-6-5-40-4-3-33-11-18(29-31-33)15-43-16-20(36)23-10-28-24(45-23)9-21-25(37)27(39)26(38)22(13-35)44-21/h10-12,17,21-22,25-27,35,37-39H,3-9,13-16H2,1-2H3. The molecular formula is C27H41N7O10S. The zero-order valence-corrected chi connectivity index (χ0v) is 26.1. The molecule has 5 unspecified atom stereocenters. The maximum absolute atomic E-state index is 12.6. The predicted octanol–water partition coefficient (Wildman–Crippen LogP) is -1.06. The van der Waals surface area contributed by atoms with Crippen LogP contribution in [0.25, 0.3) is 0 Å². The van der Waals surface area contributed by atoms with Gasteiger partial charge in [0.25, 0.3) is 0 Å². The molecule has 1 saturated heterocycles. The summed E-state index contributed by atoms with van der Waals surface area (Å²) >= 11 is 1.11. The molecule has 45 heavy (non-hydrogen) atoms. The maximum Gasteiger partial charge on any atom is 0.200 e. The topological polar surface area (TPSA) is 218 Å². The fourth-order valence-corrected chi connectivity index (χ4v) is 5.18. The number of nitrogens with zero attached hydrogens (tertiary/aromatic N) is 7. The quantitative estimate of drug-likeness (QED) is 0.0842. The van der Waals surface area contributed by atoms with Gasteiger partial charge in [-0.1, -0.05) is 10.4 Å². The molecule has 0 spiro atoms. The van der Waals surface area contributed by atoms with Gasteiger partial charge in [-0.15, -0.1) is 21.5 Å². The normalized spacial score (nSPS) is 22.0. The number of ketones is 1. The van der Waals surface area contributed by atoms with Crippen LogP contribution >= 0.6 is 11.3 Å². The van der Waals surface area contributed by atoms with Crippen molar-refractivity contribution in [3.8, 4) is 0 Å². The van der Waals surface area contributed by atoms with Gasteiger partial charge in [0.2, 0.25) is 0 Å². The van der Waals surface area contributed by atoms with Crippen molar-refractivity contribution >= 4 is 17.1 Å². The van der Waals surface area contributed by atoms with Crippen LogP contribution in [-0.2, 0) is 49.9 Å². The summed E-state index contributed by atoms with van der Waals surface area (Å²) in [6, 6.07) is 0.259. The molecule has 3 aromatic heterocycles. The van der Waals surface area contributed by atoms with E-state index in [0.717, 1.165) is 17.0 Å². The lowest BCUT2D eigenvalue weighted by Gasteiger charge is -2.39. The van der Waals surface area contributed by atoms with E-state index in [0.29, 0.717) is 61.8 Å². The molecule has 0 aliphatic carbocycles. The highest BCUT2D eigenvalue weighted by molar-refractivity contribution is 7.13. The number of aliphatic hydroxyl groups excluding tert-OH is 4. The minimum Gasteiger partial charge on any atom is -0.394 e. The van der Waals surface area contributed by atoms with Crippen LogP contribution in [0.2, 0.25) is 0 Å². The lowest BCUT2D eigenvalue weighted by molar-refractivity contribution is -0.228. The van der Waals surface area contributed by atoms with Gasteiger partial charge in [0.05, 0.1) is 87.8 Å². The van der Waals surface area contributed by atoms with Crippen molar-refractivity contribution in [2.24, 2.45) is 0 Å². The fraction of sp³-hybridized carbons (Fsp3) is 0.704. The molecule has 1 aliphatic rings. The van der Waals surface area contributed by atoms with Crippen molar-refractivity contribution in [2.45, 2.75) is 76.6 Å². The molecular weight excluding hydrogens is 614 g/mol. The van der Waals surface area contributed by atoms with E-state index in [1.807, 2.05) is 20.0 Å². The Morgan fingerprint density at radius 1 is 0.911 bits per heavy atom. The Morgan fingerprint density at radius 2 is 1.58 bits per heavy atom. The van der Waals surface area contributed by atoms with Gasteiger partial charge in [0.15, 0.2) is 5.78 Å². The number of hydrogen-bond donors (Lipinski definition) is 4. The number of hydrogen-bond acceptors (Lipinski definition) is 16. The third-order valence-corrected chi connectivity index (χ3v) is 7.87. The van der Waals surface area contributed by atoms with Crippen LogP contribution < -0.4 is 0 Å². The molecule has 0 amide bonds. The third-order valence-electron chi connectivity index (χ3n) is 6.81. The van der Waals surface area contributed by atoms with E-state index in [-0.39, 0.29) is 31.5 Å². The molecule has 0 aromatic carbocycles. The van der Waals surface area contributed by atoms with Crippen molar-refractivity contribution in [2.75, 3.05) is 46.2 Å². The monoisotopic (exact) mass is 655 g/mol. The molecule has 4 rings (SSSR count). The Bertz CT molecular complexity index is 1300. The first-order valence-corrected chi connectivity index (χ1v) is 15.5. The number of aliphatic hydroxyl groups is 4. The molecule has 1 fully saturated rings. The molecule has 0 saturated carbocycles. The van der Waals surface area contributed by atoms with Gasteiger partial charge in [0.1, 0.15) is 42.4 Å². The smallest absolute Gasteiger partial charge is 0.200 e. The first kappa shape index (κ1) is 35.1. The average Bonchev–Trinajstić information content (AvgIpc) is 3.80. The van der Waals surface area contributed by atoms with E-state index >= 15 is 0 Å². The summed E-state index contributed by atoms with van der Waals surface area (Å²) in [4.78, 5) is 17.1. The number of carbonyl (C=O) groups is 1. The Hall–Kier alpha value is -2.78. The summed E-state index contributed by atoms with van der Waals surface area (Å²) in [5.74, 6) is -0.280. The second-order valence-electron chi connectivity index (χ2n) is 10.6. The minimum atomic E-state index is -1.46. The van der Waals surface area contributed by atoms with Crippen molar-refractivity contribution < 1.29 is 48.9 Å². The van der Waals surface area contributed by atoms with E-state index in [1.165, 1.54) is 6.20 Å². The predicted molar refractivity (Wildman–Crippen MR) is 155 cm³/mol. The summed E-state index contributed by atoms with van der Waals surface area (Å²) in [7, 11) is 0. The molecule has 250 valence electrons. The van der Waals surface area contributed by atoms with Crippen molar-refractivity contribution in [3.63, 3.8) is 0 Å². The first-order chi connectivity index (χ1) is 21.7. The van der Waals surface area contributed by atoms with Crippen LogP contribution in [0.4, 0.5) is 0 Å². The summed E-state index contributed by atoms with van der Waals surface area (Å²) in [5, 5.41) is 56.1. The summed E-state index contributed by atoms with van der Waals surface area (Å²) < 4.78 is 31.0. The number of aromatic nitrogens is 7. The zero-order chi connectivity index (χ0) is 32.2. The van der Waals surface area contributed by atoms with Crippen LogP contribution in [0, 0.1) is 0 Å². The Balaban J connectivity index is 1.04. The van der Waals surface area contributed by atoms with E-state index in [4.69, 9.17) is 23.7 Å². The Labute approximate surface area is 263 Å². The minimum absolute atomic E-state index is 0.0924.